The van der Waals surface area contributed by atoms with Gasteiger partial charge in [0.25, 0.3) is 0 Å². The van der Waals surface area contributed by atoms with Crippen molar-refractivity contribution in [2.45, 2.75) is 18.6 Å². The van der Waals surface area contributed by atoms with Crippen molar-refractivity contribution in [1.82, 2.24) is 9.80 Å². The van der Waals surface area contributed by atoms with E-state index in [1.54, 1.807) is 29.2 Å². The molecule has 0 aliphatic carbocycles. The number of nitrogens with zero attached hydrogens (tertiary/aromatic N) is 2. The van der Waals surface area contributed by atoms with Gasteiger partial charge in [-0.2, -0.15) is 0 Å². The number of halogens is 3. The summed E-state index contributed by atoms with van der Waals surface area (Å²) in [5.74, 6) is -1.01. The van der Waals surface area contributed by atoms with Crippen LogP contribution < -0.4 is 20.1 Å². The maximum Gasteiger partial charge on any atom is 0.573 e. The van der Waals surface area contributed by atoms with E-state index < -0.39 is 23.9 Å². The number of carbonyl (C=O) groups excluding carboxylic acids is 2. The molecule has 10 nitrogen and oxygen atoms in total. The van der Waals surface area contributed by atoms with E-state index in [-0.39, 0.29) is 25.7 Å². The van der Waals surface area contributed by atoms with Crippen LogP contribution in [0.5, 0.6) is 11.5 Å². The molecule has 2 aliphatic heterocycles. The van der Waals surface area contributed by atoms with Crippen LogP contribution in [0.1, 0.15) is 6.42 Å². The second-order valence-electron chi connectivity index (χ2n) is 8.47. The number of carbonyl (C=O) groups is 2. The zero-order chi connectivity index (χ0) is 26.5. The van der Waals surface area contributed by atoms with E-state index in [4.69, 9.17) is 14.2 Å². The van der Waals surface area contributed by atoms with Crippen LogP contribution in [-0.2, 0) is 9.47 Å². The summed E-state index contributed by atoms with van der Waals surface area (Å²) in [4.78, 5) is 29.0. The Bertz CT molecular complexity index is 1100. The van der Waals surface area contributed by atoms with Crippen molar-refractivity contribution in [2.24, 2.45) is 0 Å². The standard InChI is InChI=1S/C24H27F3N4O6/c1-34-20-5-2-4-18(14-20)29-22(33)31-11-13-36-23(16-31)15-30(10-3-12-35-23)21(32)28-17-6-8-19(9-7-17)37-24(25,26)27/h2,4-9,14H,3,10-13,15-16H2,1H3,(H,28,32)(H,29,33). The van der Waals surface area contributed by atoms with Gasteiger partial charge in [-0.25, -0.2) is 9.59 Å². The second-order valence-corrected chi connectivity index (χ2v) is 8.47. The molecule has 200 valence electrons. The lowest BCUT2D eigenvalue weighted by Crippen LogP contribution is -2.60. The molecule has 0 aromatic heterocycles. The van der Waals surface area contributed by atoms with Crippen LogP contribution in [0.25, 0.3) is 0 Å². The molecule has 4 amide bonds. The van der Waals surface area contributed by atoms with Crippen molar-refractivity contribution in [3.63, 3.8) is 0 Å². The predicted molar refractivity (Wildman–Crippen MR) is 127 cm³/mol. The number of rotatable bonds is 4. The number of benzene rings is 2. The Balaban J connectivity index is 1.38. The normalized spacial score (nSPS) is 20.2. The highest BCUT2D eigenvalue weighted by Crippen LogP contribution is 2.27. The van der Waals surface area contributed by atoms with Crippen LogP contribution in [0.4, 0.5) is 34.1 Å². The first-order valence-electron chi connectivity index (χ1n) is 11.5. The average molecular weight is 524 g/mol. The second kappa shape index (κ2) is 11.1. The fraction of sp³-hybridized carbons (Fsp3) is 0.417. The van der Waals surface area contributed by atoms with Gasteiger partial charge in [0.2, 0.25) is 5.79 Å². The molecule has 2 aromatic carbocycles. The number of hydrogen-bond donors (Lipinski definition) is 2. The molecular formula is C24H27F3N4O6. The Morgan fingerprint density at radius 3 is 2.22 bits per heavy atom. The summed E-state index contributed by atoms with van der Waals surface area (Å²) in [7, 11) is 1.54. The molecule has 2 N–H and O–H groups in total. The fourth-order valence-electron chi connectivity index (χ4n) is 4.06. The summed E-state index contributed by atoms with van der Waals surface area (Å²) in [5, 5.41) is 5.49. The molecule has 2 aromatic rings. The van der Waals surface area contributed by atoms with Gasteiger partial charge in [0.05, 0.1) is 33.4 Å². The number of nitrogens with one attached hydrogen (secondary N) is 2. The monoisotopic (exact) mass is 524 g/mol. The maximum absolute atomic E-state index is 13.0. The van der Waals surface area contributed by atoms with Crippen LogP contribution in [0.3, 0.4) is 0 Å². The zero-order valence-corrected chi connectivity index (χ0v) is 20.0. The molecule has 2 fully saturated rings. The molecule has 13 heteroatoms. The minimum atomic E-state index is -4.80. The maximum atomic E-state index is 13.0. The van der Waals surface area contributed by atoms with Gasteiger partial charge in [-0.3, -0.25) is 0 Å². The molecule has 2 heterocycles. The molecular weight excluding hydrogens is 497 g/mol. The molecule has 2 saturated heterocycles. The average Bonchev–Trinajstić information content (AvgIpc) is 3.07. The Morgan fingerprint density at radius 2 is 1.54 bits per heavy atom. The molecule has 1 atom stereocenters. The van der Waals surface area contributed by atoms with Gasteiger partial charge in [-0.1, -0.05) is 6.07 Å². The summed E-state index contributed by atoms with van der Waals surface area (Å²) < 4.78 is 58.1. The Morgan fingerprint density at radius 1 is 0.892 bits per heavy atom. The summed E-state index contributed by atoms with van der Waals surface area (Å²) in [6, 6.07) is 11.0. The summed E-state index contributed by atoms with van der Waals surface area (Å²) in [6.07, 6.45) is -4.27. The third kappa shape index (κ3) is 7.17. The largest absolute Gasteiger partial charge is 0.573 e. The first kappa shape index (κ1) is 26.4. The first-order chi connectivity index (χ1) is 17.6. The van der Waals surface area contributed by atoms with Crippen molar-refractivity contribution in [3.8, 4) is 11.5 Å². The number of urea groups is 2. The Labute approximate surface area is 211 Å². The number of alkyl halides is 3. The minimum Gasteiger partial charge on any atom is -0.497 e. The van der Waals surface area contributed by atoms with Crippen LogP contribution in [-0.4, -0.2) is 80.5 Å². The minimum absolute atomic E-state index is 0.0526. The highest BCUT2D eigenvalue weighted by atomic mass is 19.4. The van der Waals surface area contributed by atoms with E-state index in [2.05, 4.69) is 15.4 Å². The number of methoxy groups -OCH3 is 1. The molecule has 4 rings (SSSR count). The van der Waals surface area contributed by atoms with Gasteiger partial charge in [0.1, 0.15) is 11.5 Å². The van der Waals surface area contributed by atoms with Gasteiger partial charge in [-0.05, 0) is 42.8 Å². The topological polar surface area (TPSA) is 102 Å². The number of hydrogen-bond acceptors (Lipinski definition) is 6. The molecule has 0 saturated carbocycles. The van der Waals surface area contributed by atoms with Crippen LogP contribution in [0.15, 0.2) is 48.5 Å². The smallest absolute Gasteiger partial charge is 0.497 e. The van der Waals surface area contributed by atoms with E-state index in [0.29, 0.717) is 43.2 Å². The fourth-order valence-corrected chi connectivity index (χ4v) is 4.06. The van der Waals surface area contributed by atoms with Crippen LogP contribution >= 0.6 is 0 Å². The van der Waals surface area contributed by atoms with Gasteiger partial charge in [0.15, 0.2) is 0 Å². The first-order valence-corrected chi connectivity index (χ1v) is 11.5. The van der Waals surface area contributed by atoms with Crippen molar-refractivity contribution in [3.05, 3.63) is 48.5 Å². The summed E-state index contributed by atoms with van der Waals surface area (Å²) in [6.45, 7) is 1.37. The van der Waals surface area contributed by atoms with E-state index in [1.807, 2.05) is 0 Å². The quantitative estimate of drug-likeness (QED) is 0.625. The molecule has 0 bridgehead atoms. The predicted octanol–water partition coefficient (Wildman–Crippen LogP) is 4.11. The van der Waals surface area contributed by atoms with E-state index >= 15 is 0 Å². The highest BCUT2D eigenvalue weighted by Gasteiger charge is 2.43. The molecule has 2 aliphatic rings. The number of ether oxygens (including phenoxy) is 4. The molecule has 1 spiro atoms. The van der Waals surface area contributed by atoms with Gasteiger partial charge in [-0.15, -0.1) is 13.2 Å². The highest BCUT2D eigenvalue weighted by molar-refractivity contribution is 5.90. The molecule has 1 unspecified atom stereocenters. The third-order valence-corrected chi connectivity index (χ3v) is 5.76. The van der Waals surface area contributed by atoms with E-state index in [1.165, 1.54) is 24.1 Å². The Hall–Kier alpha value is -3.71. The van der Waals surface area contributed by atoms with E-state index in [9.17, 15) is 22.8 Å². The lowest BCUT2D eigenvalue weighted by molar-refractivity contribution is -0.274. The SMILES string of the molecule is COc1cccc(NC(=O)N2CCOC3(CN(C(=O)Nc4ccc(OC(F)(F)F)cc4)CCCO3)C2)c1. The van der Waals surface area contributed by atoms with Gasteiger partial charge >= 0.3 is 18.4 Å². The lowest BCUT2D eigenvalue weighted by Gasteiger charge is -2.42. The summed E-state index contributed by atoms with van der Waals surface area (Å²) in [5.41, 5.74) is 0.863. The molecule has 0 radical (unpaired) electrons. The number of anilines is 2. The van der Waals surface area contributed by atoms with Crippen LogP contribution in [0.2, 0.25) is 0 Å². The van der Waals surface area contributed by atoms with Gasteiger partial charge in [0, 0.05) is 30.5 Å². The van der Waals surface area contributed by atoms with E-state index in [0.717, 1.165) is 12.1 Å². The molecule has 37 heavy (non-hydrogen) atoms. The van der Waals surface area contributed by atoms with Crippen molar-refractivity contribution in [1.29, 1.82) is 0 Å². The number of amides is 4. The Kier molecular flexibility index (Phi) is 7.93. The van der Waals surface area contributed by atoms with Crippen LogP contribution in [0, 0.1) is 0 Å². The van der Waals surface area contributed by atoms with Crippen molar-refractivity contribution >= 4 is 23.4 Å². The summed E-state index contributed by atoms with van der Waals surface area (Å²) >= 11 is 0. The van der Waals surface area contributed by atoms with Gasteiger partial charge < -0.3 is 39.4 Å². The lowest BCUT2D eigenvalue weighted by atomic mass is 10.2. The van der Waals surface area contributed by atoms with Crippen molar-refractivity contribution < 1.29 is 41.7 Å². The zero-order valence-electron chi connectivity index (χ0n) is 20.0. The van der Waals surface area contributed by atoms with Crippen molar-refractivity contribution in [2.75, 3.05) is 57.1 Å². The number of morpholine rings is 1. The third-order valence-electron chi connectivity index (χ3n) is 5.76.